The number of aryl methyl sites for hydroxylation is 1. The van der Waals surface area contributed by atoms with Crippen molar-refractivity contribution >= 4 is 10.8 Å². The van der Waals surface area contributed by atoms with E-state index in [4.69, 9.17) is 14.2 Å². The maximum absolute atomic E-state index is 12.8. The van der Waals surface area contributed by atoms with Crippen LogP contribution in [0.15, 0.2) is 47.4 Å². The Balaban J connectivity index is 0.971. The molecule has 1 saturated carbocycles. The minimum atomic E-state index is -0.847. The number of unbranched alkanes of at least 4 members (excludes halogenated alkanes) is 4. The van der Waals surface area contributed by atoms with Gasteiger partial charge in [-0.1, -0.05) is 43.9 Å². The molecule has 2 atom stereocenters. The molecule has 6 nitrogen and oxygen atoms in total. The van der Waals surface area contributed by atoms with Crippen LogP contribution in [-0.4, -0.2) is 53.1 Å². The molecule has 222 valence electrons. The molecule has 40 heavy (non-hydrogen) atoms. The first-order chi connectivity index (χ1) is 19.4. The zero-order chi connectivity index (χ0) is 28.2. The molecule has 2 aromatic carbocycles. The van der Waals surface area contributed by atoms with E-state index in [9.17, 15) is 9.32 Å². The first-order valence-corrected chi connectivity index (χ1v) is 16.5. The number of benzene rings is 2. The van der Waals surface area contributed by atoms with E-state index in [1.807, 2.05) is 38.1 Å². The Hall–Kier alpha value is -1.93. The number of hydrogen-bond acceptors (Lipinski definition) is 6. The van der Waals surface area contributed by atoms with Crippen molar-refractivity contribution in [2.24, 2.45) is 0 Å². The second-order valence-electron chi connectivity index (χ2n) is 11.9. The Labute approximate surface area is 243 Å². The van der Waals surface area contributed by atoms with Gasteiger partial charge in [0, 0.05) is 29.9 Å². The third-order valence-corrected chi connectivity index (χ3v) is 9.58. The molecule has 1 fully saturated rings. The van der Waals surface area contributed by atoms with Crippen LogP contribution in [0.1, 0.15) is 95.3 Å². The highest BCUT2D eigenvalue weighted by atomic mass is 32.2. The maximum Gasteiger partial charge on any atom is 0.162 e. The monoisotopic (exact) mass is 571 g/mol. The fourth-order valence-electron chi connectivity index (χ4n) is 5.43. The van der Waals surface area contributed by atoms with Crippen LogP contribution in [0.4, 0.5) is 0 Å². The molecule has 2 N–H and O–H groups in total. The normalized spacial score (nSPS) is 18.1. The average Bonchev–Trinajstić information content (AvgIpc) is 3.49. The van der Waals surface area contributed by atoms with E-state index in [0.29, 0.717) is 24.2 Å². The minimum Gasteiger partial charge on any atom is -0.486 e. The number of fused-ring (bicyclic) bond motifs is 1. The Kier molecular flexibility index (Phi) is 12.3. The molecule has 2 aromatic rings. The molecule has 7 heteroatoms. The summed E-state index contributed by atoms with van der Waals surface area (Å²) in [6.45, 7) is 7.56. The number of nitrogens with one attached hydrogen (secondary N) is 1. The van der Waals surface area contributed by atoms with Crippen molar-refractivity contribution in [2.75, 3.05) is 32.9 Å². The number of aliphatic hydroxyl groups excluding tert-OH is 1. The van der Waals surface area contributed by atoms with Gasteiger partial charge in [-0.3, -0.25) is 4.21 Å². The molecule has 1 aliphatic heterocycles. The number of ether oxygens (including phenoxy) is 3. The van der Waals surface area contributed by atoms with Crippen LogP contribution in [0.2, 0.25) is 0 Å². The van der Waals surface area contributed by atoms with E-state index in [1.165, 1.54) is 18.4 Å². The Morgan fingerprint density at radius 3 is 2.60 bits per heavy atom. The van der Waals surface area contributed by atoms with E-state index >= 15 is 0 Å². The van der Waals surface area contributed by atoms with Gasteiger partial charge < -0.3 is 24.6 Å². The molecular formula is C33H49NO5S. The van der Waals surface area contributed by atoms with E-state index in [2.05, 4.69) is 23.5 Å². The highest BCUT2D eigenvalue weighted by Gasteiger charge is 2.28. The van der Waals surface area contributed by atoms with Crippen LogP contribution in [0.3, 0.4) is 0 Å². The van der Waals surface area contributed by atoms with Gasteiger partial charge in [0.2, 0.25) is 0 Å². The standard InChI is InChI=1S/C33H49NO5S/c1-33(2)25-38-32-23-27(17-18-31(32)39-33)30(35)24-34-19-8-3-4-9-20-37-21-10-7-12-26-13-11-16-29(22-26)40(36)28-14-5-6-15-28/h11,13,16-18,22-23,28,30,34-35H,3-10,12,14-15,19-21,24-25H2,1-2H3/t30-,40?/m0/s1. The summed E-state index contributed by atoms with van der Waals surface area (Å²) in [6.07, 6.45) is 11.8. The maximum atomic E-state index is 12.8. The van der Waals surface area contributed by atoms with Gasteiger partial charge >= 0.3 is 0 Å². The predicted octanol–water partition coefficient (Wildman–Crippen LogP) is 6.51. The molecule has 4 rings (SSSR count). The van der Waals surface area contributed by atoms with Crippen molar-refractivity contribution in [3.05, 3.63) is 53.6 Å². The van der Waals surface area contributed by atoms with Gasteiger partial charge in [0.1, 0.15) is 12.2 Å². The first-order valence-electron chi connectivity index (χ1n) is 15.3. The molecule has 0 saturated heterocycles. The lowest BCUT2D eigenvalue weighted by Crippen LogP contribution is -2.38. The summed E-state index contributed by atoms with van der Waals surface area (Å²) in [5.41, 5.74) is 1.81. The quantitative estimate of drug-likeness (QED) is 0.211. The van der Waals surface area contributed by atoms with Crippen LogP contribution >= 0.6 is 0 Å². The third kappa shape index (κ3) is 9.86. The van der Waals surface area contributed by atoms with Crippen molar-refractivity contribution in [3.63, 3.8) is 0 Å². The SMILES string of the molecule is CC1(C)COc2cc([C@@H](O)CNCCCCCCOCCCCc3cccc(S(=O)C4CCCC4)c3)ccc2O1. The summed E-state index contributed by atoms with van der Waals surface area (Å²) in [5.74, 6) is 1.44. The van der Waals surface area contributed by atoms with Crippen LogP contribution in [-0.2, 0) is 22.0 Å². The summed E-state index contributed by atoms with van der Waals surface area (Å²) >= 11 is 0. The molecule has 0 bridgehead atoms. The number of rotatable bonds is 17. The fourth-order valence-corrected chi connectivity index (χ4v) is 7.05. The highest BCUT2D eigenvalue weighted by molar-refractivity contribution is 7.85. The zero-order valence-corrected chi connectivity index (χ0v) is 25.3. The third-order valence-electron chi connectivity index (χ3n) is 7.78. The Morgan fingerprint density at radius 2 is 1.77 bits per heavy atom. The summed E-state index contributed by atoms with van der Waals surface area (Å²) in [6, 6.07) is 14.1. The largest absolute Gasteiger partial charge is 0.486 e. The van der Waals surface area contributed by atoms with E-state index in [-0.39, 0.29) is 5.60 Å². The lowest BCUT2D eigenvalue weighted by Gasteiger charge is -2.32. The summed E-state index contributed by atoms with van der Waals surface area (Å²) in [7, 11) is -0.847. The van der Waals surface area contributed by atoms with Gasteiger partial charge in [0.15, 0.2) is 11.5 Å². The van der Waals surface area contributed by atoms with Gasteiger partial charge in [-0.15, -0.1) is 0 Å². The van der Waals surface area contributed by atoms with Gasteiger partial charge in [0.05, 0.1) is 16.9 Å². The van der Waals surface area contributed by atoms with E-state index in [1.54, 1.807) is 0 Å². The van der Waals surface area contributed by atoms with Crippen LogP contribution in [0, 0.1) is 0 Å². The molecule has 0 amide bonds. The second kappa shape index (κ2) is 15.9. The lowest BCUT2D eigenvalue weighted by molar-refractivity contribution is 0.0210. The molecule has 1 unspecified atom stereocenters. The number of hydrogen-bond donors (Lipinski definition) is 2. The second-order valence-corrected chi connectivity index (χ2v) is 13.6. The molecule has 1 heterocycles. The Bertz CT molecular complexity index is 1070. The van der Waals surface area contributed by atoms with Crippen LogP contribution in [0.5, 0.6) is 11.5 Å². The van der Waals surface area contributed by atoms with Gasteiger partial charge in [0.25, 0.3) is 0 Å². The number of aliphatic hydroxyl groups is 1. The predicted molar refractivity (Wildman–Crippen MR) is 162 cm³/mol. The molecule has 0 radical (unpaired) electrons. The smallest absolute Gasteiger partial charge is 0.162 e. The Morgan fingerprint density at radius 1 is 1.00 bits per heavy atom. The van der Waals surface area contributed by atoms with E-state index < -0.39 is 16.9 Å². The molecule has 0 aromatic heterocycles. The topological polar surface area (TPSA) is 77.0 Å². The lowest BCUT2D eigenvalue weighted by atomic mass is 10.1. The van der Waals surface area contributed by atoms with Crippen molar-refractivity contribution in [1.82, 2.24) is 5.32 Å². The van der Waals surface area contributed by atoms with Gasteiger partial charge in [-0.2, -0.15) is 0 Å². The zero-order valence-electron chi connectivity index (χ0n) is 24.5. The first kappa shape index (κ1) is 31.0. The van der Waals surface area contributed by atoms with Crippen molar-refractivity contribution in [1.29, 1.82) is 0 Å². The van der Waals surface area contributed by atoms with Gasteiger partial charge in [-0.25, -0.2) is 0 Å². The summed E-state index contributed by atoms with van der Waals surface area (Å²) < 4.78 is 30.4. The molecular weight excluding hydrogens is 522 g/mol. The molecule has 2 aliphatic rings. The average molecular weight is 572 g/mol. The van der Waals surface area contributed by atoms with Crippen molar-refractivity contribution < 1.29 is 23.5 Å². The molecule has 1 aliphatic carbocycles. The van der Waals surface area contributed by atoms with Crippen LogP contribution < -0.4 is 14.8 Å². The van der Waals surface area contributed by atoms with Crippen LogP contribution in [0.25, 0.3) is 0 Å². The molecule has 0 spiro atoms. The fraction of sp³-hybridized carbons (Fsp3) is 0.636. The van der Waals surface area contributed by atoms with E-state index in [0.717, 1.165) is 93.8 Å². The minimum absolute atomic E-state index is 0.326. The summed E-state index contributed by atoms with van der Waals surface area (Å²) in [5, 5.41) is 14.3. The van der Waals surface area contributed by atoms with Crippen molar-refractivity contribution in [2.45, 2.75) is 106 Å². The summed E-state index contributed by atoms with van der Waals surface area (Å²) in [4.78, 5) is 1.01. The van der Waals surface area contributed by atoms with Gasteiger partial charge in [-0.05, 0) is 101 Å². The van der Waals surface area contributed by atoms with Crippen molar-refractivity contribution in [3.8, 4) is 11.5 Å². The highest BCUT2D eigenvalue weighted by Crippen LogP contribution is 2.37.